The Morgan fingerprint density at radius 3 is 2.12 bits per heavy atom. The molecule has 0 saturated carbocycles. The van der Waals surface area contributed by atoms with Gasteiger partial charge in [-0.15, -0.1) is 0 Å². The number of benzene rings is 2. The quantitative estimate of drug-likeness (QED) is 0.937. The highest BCUT2D eigenvalue weighted by Crippen LogP contribution is 2.25. The minimum Gasteiger partial charge on any atom is -0.480 e. The van der Waals surface area contributed by atoms with Crippen LogP contribution in [-0.4, -0.2) is 42.2 Å². The third-order valence-electron chi connectivity index (χ3n) is 4.50. The molecule has 2 aromatic carbocycles. The number of aliphatic carboxylic acids is 1. The summed E-state index contributed by atoms with van der Waals surface area (Å²) in [6, 6.07) is 13.5. The topological polar surface area (TPSA) is 43.8 Å². The Kier molecular flexibility index (Phi) is 4.81. The van der Waals surface area contributed by atoms with E-state index in [0.29, 0.717) is 13.1 Å². The number of hydrogen-bond donors (Lipinski definition) is 1. The second kappa shape index (κ2) is 7.01. The lowest BCUT2D eigenvalue weighted by molar-refractivity contribution is -0.143. The number of carbonyl (C=O) groups is 1. The number of nitrogens with zero attached hydrogens (tertiary/aromatic N) is 2. The third kappa shape index (κ3) is 3.57. The molecule has 1 aliphatic rings. The Hall–Kier alpha value is -2.40. The molecule has 5 heteroatoms. The van der Waals surface area contributed by atoms with Crippen LogP contribution in [0.2, 0.25) is 0 Å². The fourth-order valence-corrected chi connectivity index (χ4v) is 3.15. The zero-order chi connectivity index (χ0) is 17.1. The molecule has 1 fully saturated rings. The molecule has 0 spiro atoms. The minimum atomic E-state index is -0.825. The maximum absolute atomic E-state index is 13.0. The molecule has 0 unspecified atom stereocenters. The molecule has 126 valence electrons. The van der Waals surface area contributed by atoms with E-state index in [-0.39, 0.29) is 5.82 Å². The molecule has 1 atom stereocenters. The van der Waals surface area contributed by atoms with Crippen LogP contribution in [-0.2, 0) is 4.79 Å². The first-order valence-electron chi connectivity index (χ1n) is 8.08. The molecule has 1 aliphatic heterocycles. The first kappa shape index (κ1) is 16.5. The lowest BCUT2D eigenvalue weighted by Crippen LogP contribution is -2.49. The van der Waals surface area contributed by atoms with Crippen LogP contribution in [0.25, 0.3) is 0 Å². The Morgan fingerprint density at radius 2 is 1.58 bits per heavy atom. The fourth-order valence-electron chi connectivity index (χ4n) is 3.15. The van der Waals surface area contributed by atoms with Crippen molar-refractivity contribution in [1.29, 1.82) is 0 Å². The molecular formula is C19H21FN2O2. The molecule has 1 saturated heterocycles. The Bertz CT molecular complexity index is 692. The highest BCUT2D eigenvalue weighted by molar-refractivity contribution is 5.75. The molecule has 1 N–H and O–H groups in total. The molecule has 3 rings (SSSR count). The van der Waals surface area contributed by atoms with Crippen LogP contribution in [0.3, 0.4) is 0 Å². The van der Waals surface area contributed by atoms with E-state index < -0.39 is 12.0 Å². The summed E-state index contributed by atoms with van der Waals surface area (Å²) in [4.78, 5) is 15.9. The van der Waals surface area contributed by atoms with E-state index in [4.69, 9.17) is 0 Å². The summed E-state index contributed by atoms with van der Waals surface area (Å²) in [6.07, 6.45) is 0. The number of rotatable bonds is 4. The molecular weight excluding hydrogens is 307 g/mol. The molecule has 24 heavy (non-hydrogen) atoms. The average molecular weight is 328 g/mol. The molecule has 0 aromatic heterocycles. The van der Waals surface area contributed by atoms with Gasteiger partial charge in [-0.1, -0.05) is 29.8 Å². The monoisotopic (exact) mass is 328 g/mol. The van der Waals surface area contributed by atoms with Crippen molar-refractivity contribution in [1.82, 2.24) is 4.90 Å². The second-order valence-corrected chi connectivity index (χ2v) is 6.15. The van der Waals surface area contributed by atoms with Gasteiger partial charge in [-0.2, -0.15) is 0 Å². The maximum atomic E-state index is 13.0. The Balaban J connectivity index is 1.70. The predicted octanol–water partition coefficient (Wildman–Crippen LogP) is 3.08. The minimum absolute atomic E-state index is 0.248. The van der Waals surface area contributed by atoms with E-state index in [2.05, 4.69) is 4.90 Å². The number of carboxylic acids is 1. The van der Waals surface area contributed by atoms with Crippen LogP contribution in [0.4, 0.5) is 10.1 Å². The normalized spacial score (nSPS) is 16.8. The summed E-state index contributed by atoms with van der Waals surface area (Å²) >= 11 is 0. The van der Waals surface area contributed by atoms with Crippen LogP contribution in [0.15, 0.2) is 48.5 Å². The molecule has 0 radical (unpaired) electrons. The zero-order valence-corrected chi connectivity index (χ0v) is 13.7. The van der Waals surface area contributed by atoms with Crippen molar-refractivity contribution in [2.24, 2.45) is 0 Å². The third-order valence-corrected chi connectivity index (χ3v) is 4.50. The number of piperazine rings is 1. The summed E-state index contributed by atoms with van der Waals surface area (Å²) in [6.45, 7) is 4.74. The second-order valence-electron chi connectivity index (χ2n) is 6.15. The highest BCUT2D eigenvalue weighted by Gasteiger charge is 2.30. The Labute approximate surface area is 141 Å². The standard InChI is InChI=1S/C19H21FN2O2/c1-14-2-4-15(5-3-14)18(19(23)24)22-12-10-21(11-13-22)17-8-6-16(20)7-9-17/h2-9,18H,10-13H2,1H3,(H,23,24)/t18-/m0/s1. The van der Waals surface area contributed by atoms with E-state index in [1.807, 2.05) is 36.1 Å². The van der Waals surface area contributed by atoms with E-state index in [1.54, 1.807) is 12.1 Å². The Morgan fingerprint density at radius 1 is 1.00 bits per heavy atom. The highest BCUT2D eigenvalue weighted by atomic mass is 19.1. The first-order chi connectivity index (χ1) is 11.5. The molecule has 0 bridgehead atoms. The van der Waals surface area contributed by atoms with Gasteiger partial charge in [-0.25, -0.2) is 4.39 Å². The van der Waals surface area contributed by atoms with Crippen molar-refractivity contribution in [2.45, 2.75) is 13.0 Å². The summed E-state index contributed by atoms with van der Waals surface area (Å²) in [7, 11) is 0. The smallest absolute Gasteiger partial charge is 0.325 e. The van der Waals surface area contributed by atoms with Crippen LogP contribution >= 0.6 is 0 Å². The number of halogens is 1. The van der Waals surface area contributed by atoms with Crippen molar-refractivity contribution in [2.75, 3.05) is 31.1 Å². The van der Waals surface area contributed by atoms with Crippen LogP contribution in [0, 0.1) is 12.7 Å². The predicted molar refractivity (Wildman–Crippen MR) is 91.7 cm³/mol. The van der Waals surface area contributed by atoms with Crippen molar-refractivity contribution < 1.29 is 14.3 Å². The molecule has 1 heterocycles. The number of carboxylic acid groups (broad SMARTS) is 1. The van der Waals surface area contributed by atoms with Gasteiger partial charge in [0, 0.05) is 31.9 Å². The zero-order valence-electron chi connectivity index (χ0n) is 13.7. The van der Waals surface area contributed by atoms with E-state index in [9.17, 15) is 14.3 Å². The van der Waals surface area contributed by atoms with Crippen LogP contribution in [0.1, 0.15) is 17.2 Å². The lowest BCUT2D eigenvalue weighted by atomic mass is 10.0. The summed E-state index contributed by atoms with van der Waals surface area (Å²) in [5, 5.41) is 9.66. The summed E-state index contributed by atoms with van der Waals surface area (Å²) in [5.74, 6) is -1.07. The van der Waals surface area contributed by atoms with Gasteiger partial charge in [0.05, 0.1) is 0 Å². The van der Waals surface area contributed by atoms with Gasteiger partial charge in [-0.05, 0) is 36.8 Å². The van der Waals surface area contributed by atoms with Gasteiger partial charge in [0.1, 0.15) is 11.9 Å². The largest absolute Gasteiger partial charge is 0.480 e. The van der Waals surface area contributed by atoms with Gasteiger partial charge < -0.3 is 10.0 Å². The van der Waals surface area contributed by atoms with Crippen molar-refractivity contribution in [3.05, 3.63) is 65.5 Å². The first-order valence-corrected chi connectivity index (χ1v) is 8.08. The average Bonchev–Trinajstić information content (AvgIpc) is 2.58. The van der Waals surface area contributed by atoms with Crippen LogP contribution in [0.5, 0.6) is 0 Å². The van der Waals surface area contributed by atoms with Crippen molar-refractivity contribution >= 4 is 11.7 Å². The lowest BCUT2D eigenvalue weighted by Gasteiger charge is -2.39. The number of anilines is 1. The fraction of sp³-hybridized carbons (Fsp3) is 0.316. The van der Waals surface area contributed by atoms with Gasteiger partial charge >= 0.3 is 5.97 Å². The number of hydrogen-bond acceptors (Lipinski definition) is 3. The summed E-state index contributed by atoms with van der Waals surface area (Å²) in [5.41, 5.74) is 2.89. The SMILES string of the molecule is Cc1ccc([C@@H](C(=O)O)N2CCN(c3ccc(F)cc3)CC2)cc1. The van der Waals surface area contributed by atoms with Crippen molar-refractivity contribution in [3.8, 4) is 0 Å². The molecule has 0 aliphatic carbocycles. The molecule has 4 nitrogen and oxygen atoms in total. The van der Waals surface area contributed by atoms with E-state index in [1.165, 1.54) is 12.1 Å². The van der Waals surface area contributed by atoms with Gasteiger partial charge in [0.25, 0.3) is 0 Å². The van der Waals surface area contributed by atoms with E-state index >= 15 is 0 Å². The van der Waals surface area contributed by atoms with Crippen LogP contribution < -0.4 is 4.90 Å². The maximum Gasteiger partial charge on any atom is 0.325 e. The van der Waals surface area contributed by atoms with Gasteiger partial charge in [0.15, 0.2) is 0 Å². The summed E-state index contributed by atoms with van der Waals surface area (Å²) < 4.78 is 13.0. The van der Waals surface area contributed by atoms with Crippen molar-refractivity contribution in [3.63, 3.8) is 0 Å². The van der Waals surface area contributed by atoms with Gasteiger partial charge in [0.2, 0.25) is 0 Å². The number of aryl methyl sites for hydroxylation is 1. The molecule has 2 aromatic rings. The molecule has 0 amide bonds. The van der Waals surface area contributed by atoms with Gasteiger partial charge in [-0.3, -0.25) is 9.69 Å². The van der Waals surface area contributed by atoms with E-state index in [0.717, 1.165) is 29.9 Å².